The van der Waals surface area contributed by atoms with Crippen LogP contribution in [-0.4, -0.2) is 13.9 Å². The molecule has 0 spiro atoms. The summed E-state index contributed by atoms with van der Waals surface area (Å²) in [6.45, 7) is 3.06. The topological polar surface area (TPSA) is 39.7 Å². The zero-order valence-corrected chi connectivity index (χ0v) is 13.3. The number of hydrogen-bond acceptors (Lipinski definition) is 4. The van der Waals surface area contributed by atoms with Crippen molar-refractivity contribution in [3.05, 3.63) is 52.5 Å². The molecule has 1 unspecified atom stereocenters. The van der Waals surface area contributed by atoms with Crippen LogP contribution in [0.3, 0.4) is 0 Å². The molecule has 2 aromatic rings. The van der Waals surface area contributed by atoms with E-state index in [0.717, 1.165) is 16.3 Å². The second kappa shape index (κ2) is 6.46. The van der Waals surface area contributed by atoms with Crippen molar-refractivity contribution in [2.45, 2.75) is 19.5 Å². The van der Waals surface area contributed by atoms with Gasteiger partial charge in [-0.05, 0) is 42.3 Å². The lowest BCUT2D eigenvalue weighted by Gasteiger charge is -2.15. The summed E-state index contributed by atoms with van der Waals surface area (Å²) in [5, 5.41) is 4.23. The minimum atomic E-state index is 0.216. The first kappa shape index (κ1) is 15.0. The van der Waals surface area contributed by atoms with Gasteiger partial charge in [-0.15, -0.1) is 0 Å². The molecule has 4 nitrogen and oxygen atoms in total. The molecule has 0 saturated carbocycles. The van der Waals surface area contributed by atoms with Gasteiger partial charge in [-0.25, -0.2) is 0 Å². The largest absolute Gasteiger partial charge is 0.493 e. The van der Waals surface area contributed by atoms with Crippen LogP contribution in [-0.2, 0) is 6.54 Å². The lowest BCUT2D eigenvalue weighted by Crippen LogP contribution is -2.18. The molecule has 1 N–H and O–H groups in total. The molecule has 0 fully saturated rings. The summed E-state index contributed by atoms with van der Waals surface area (Å²) in [4.78, 5) is 0. The Balaban J connectivity index is 1.70. The van der Waals surface area contributed by atoms with E-state index in [1.54, 1.807) is 7.11 Å². The van der Waals surface area contributed by atoms with Gasteiger partial charge in [0.1, 0.15) is 0 Å². The van der Waals surface area contributed by atoms with E-state index in [0.29, 0.717) is 18.0 Å². The van der Waals surface area contributed by atoms with E-state index in [1.807, 2.05) is 36.4 Å². The molecule has 22 heavy (non-hydrogen) atoms. The zero-order chi connectivity index (χ0) is 15.5. The highest BCUT2D eigenvalue weighted by molar-refractivity contribution is 6.30. The van der Waals surface area contributed by atoms with Crippen molar-refractivity contribution in [1.82, 2.24) is 5.32 Å². The number of ether oxygens (including phenoxy) is 3. The van der Waals surface area contributed by atoms with E-state index >= 15 is 0 Å². The Labute approximate surface area is 135 Å². The third-order valence-corrected chi connectivity index (χ3v) is 3.95. The van der Waals surface area contributed by atoms with E-state index in [2.05, 4.69) is 12.2 Å². The average molecular weight is 320 g/mol. The number of methoxy groups -OCH3 is 1. The molecule has 1 aliphatic rings. The Morgan fingerprint density at radius 2 is 2.00 bits per heavy atom. The summed E-state index contributed by atoms with van der Waals surface area (Å²) in [6.07, 6.45) is 0. The second-order valence-electron chi connectivity index (χ2n) is 5.19. The zero-order valence-electron chi connectivity index (χ0n) is 12.6. The summed E-state index contributed by atoms with van der Waals surface area (Å²) < 4.78 is 16.2. The summed E-state index contributed by atoms with van der Waals surface area (Å²) in [5.74, 6) is 2.11. The average Bonchev–Trinajstić information content (AvgIpc) is 3.01. The normalized spacial score (nSPS) is 14.0. The predicted molar refractivity (Wildman–Crippen MR) is 85.8 cm³/mol. The van der Waals surface area contributed by atoms with Crippen molar-refractivity contribution in [2.75, 3.05) is 13.9 Å². The van der Waals surface area contributed by atoms with Gasteiger partial charge in [0.15, 0.2) is 11.5 Å². The van der Waals surface area contributed by atoms with Gasteiger partial charge in [-0.1, -0.05) is 23.7 Å². The third-order valence-electron chi connectivity index (χ3n) is 3.70. The first-order chi connectivity index (χ1) is 10.7. The summed E-state index contributed by atoms with van der Waals surface area (Å²) in [7, 11) is 1.63. The van der Waals surface area contributed by atoms with Gasteiger partial charge in [0.2, 0.25) is 12.5 Å². The van der Waals surface area contributed by atoms with Gasteiger partial charge < -0.3 is 19.5 Å². The first-order valence-corrected chi connectivity index (χ1v) is 7.50. The van der Waals surface area contributed by atoms with Crippen LogP contribution in [0.4, 0.5) is 0 Å². The Bertz CT molecular complexity index is 658. The van der Waals surface area contributed by atoms with E-state index in [-0.39, 0.29) is 12.8 Å². The SMILES string of the molecule is COc1cc(CNC(C)c2ccc(Cl)cc2)cc2c1OCO2. The quantitative estimate of drug-likeness (QED) is 0.906. The first-order valence-electron chi connectivity index (χ1n) is 7.12. The van der Waals surface area contributed by atoms with Gasteiger partial charge in [0.05, 0.1) is 7.11 Å². The molecule has 116 valence electrons. The number of halogens is 1. The minimum absolute atomic E-state index is 0.216. The number of nitrogens with one attached hydrogen (secondary N) is 1. The molecule has 0 amide bonds. The van der Waals surface area contributed by atoms with Crippen molar-refractivity contribution in [3.8, 4) is 17.2 Å². The molecule has 0 bridgehead atoms. The Hall–Kier alpha value is -1.91. The molecule has 1 atom stereocenters. The van der Waals surface area contributed by atoms with Crippen LogP contribution < -0.4 is 19.5 Å². The van der Waals surface area contributed by atoms with Gasteiger partial charge >= 0.3 is 0 Å². The Morgan fingerprint density at radius 1 is 1.23 bits per heavy atom. The monoisotopic (exact) mass is 319 g/mol. The van der Waals surface area contributed by atoms with Crippen LogP contribution in [0.15, 0.2) is 36.4 Å². The highest BCUT2D eigenvalue weighted by Gasteiger charge is 2.20. The molecule has 1 aliphatic heterocycles. The second-order valence-corrected chi connectivity index (χ2v) is 5.62. The van der Waals surface area contributed by atoms with Crippen molar-refractivity contribution in [3.63, 3.8) is 0 Å². The lowest BCUT2D eigenvalue weighted by atomic mass is 10.1. The molecule has 3 rings (SSSR count). The molecule has 5 heteroatoms. The number of hydrogen-bond donors (Lipinski definition) is 1. The van der Waals surface area contributed by atoms with Gasteiger partial charge in [0, 0.05) is 17.6 Å². The molecule has 0 aliphatic carbocycles. The van der Waals surface area contributed by atoms with E-state index in [9.17, 15) is 0 Å². The number of rotatable bonds is 5. The molecular formula is C17H18ClNO3. The van der Waals surface area contributed by atoms with Crippen molar-refractivity contribution >= 4 is 11.6 Å². The van der Waals surface area contributed by atoms with Gasteiger partial charge in [0.25, 0.3) is 0 Å². The van der Waals surface area contributed by atoms with Crippen molar-refractivity contribution in [2.24, 2.45) is 0 Å². The van der Waals surface area contributed by atoms with Crippen LogP contribution >= 0.6 is 11.6 Å². The fraction of sp³-hybridized carbons (Fsp3) is 0.294. The van der Waals surface area contributed by atoms with E-state index < -0.39 is 0 Å². The molecule has 0 saturated heterocycles. The predicted octanol–water partition coefficient (Wildman–Crippen LogP) is 3.93. The minimum Gasteiger partial charge on any atom is -0.493 e. The van der Waals surface area contributed by atoms with Crippen molar-refractivity contribution in [1.29, 1.82) is 0 Å². The lowest BCUT2D eigenvalue weighted by molar-refractivity contribution is 0.171. The van der Waals surface area contributed by atoms with E-state index in [4.69, 9.17) is 25.8 Å². The van der Waals surface area contributed by atoms with Gasteiger partial charge in [-0.3, -0.25) is 0 Å². The van der Waals surface area contributed by atoms with Crippen LogP contribution in [0.25, 0.3) is 0 Å². The summed E-state index contributed by atoms with van der Waals surface area (Å²) >= 11 is 5.92. The molecular weight excluding hydrogens is 302 g/mol. The smallest absolute Gasteiger partial charge is 0.231 e. The standard InChI is InChI=1S/C17H18ClNO3/c1-11(13-3-5-14(18)6-4-13)19-9-12-7-15(20-2)17-16(8-12)21-10-22-17/h3-8,11,19H,9-10H2,1-2H3. The summed E-state index contributed by atoms with van der Waals surface area (Å²) in [6, 6.07) is 12.0. The molecule has 2 aromatic carbocycles. The highest BCUT2D eigenvalue weighted by Crippen LogP contribution is 2.41. The van der Waals surface area contributed by atoms with Gasteiger partial charge in [-0.2, -0.15) is 0 Å². The Kier molecular flexibility index (Phi) is 4.41. The molecule has 0 radical (unpaired) electrons. The van der Waals surface area contributed by atoms with Crippen LogP contribution in [0, 0.1) is 0 Å². The van der Waals surface area contributed by atoms with E-state index in [1.165, 1.54) is 5.56 Å². The fourth-order valence-electron chi connectivity index (χ4n) is 2.43. The van der Waals surface area contributed by atoms with Crippen molar-refractivity contribution < 1.29 is 14.2 Å². The third kappa shape index (κ3) is 3.13. The number of benzene rings is 2. The Morgan fingerprint density at radius 3 is 2.73 bits per heavy atom. The molecule has 0 aromatic heterocycles. The molecule has 1 heterocycles. The maximum atomic E-state index is 5.92. The maximum Gasteiger partial charge on any atom is 0.231 e. The highest BCUT2D eigenvalue weighted by atomic mass is 35.5. The maximum absolute atomic E-state index is 5.92. The van der Waals surface area contributed by atoms with Crippen LogP contribution in [0.1, 0.15) is 24.1 Å². The number of fused-ring (bicyclic) bond motifs is 1. The summed E-state index contributed by atoms with van der Waals surface area (Å²) in [5.41, 5.74) is 2.28. The van der Waals surface area contributed by atoms with Crippen LogP contribution in [0.5, 0.6) is 17.2 Å². The fourth-order valence-corrected chi connectivity index (χ4v) is 2.55. The van der Waals surface area contributed by atoms with Crippen LogP contribution in [0.2, 0.25) is 5.02 Å².